The van der Waals surface area contributed by atoms with E-state index in [1.165, 1.54) is 4.90 Å². The van der Waals surface area contributed by atoms with E-state index in [9.17, 15) is 14.4 Å². The number of rotatable bonds is 4. The van der Waals surface area contributed by atoms with Crippen LogP contribution in [0.4, 0.5) is 4.79 Å². The summed E-state index contributed by atoms with van der Waals surface area (Å²) in [4.78, 5) is 40.2. The van der Waals surface area contributed by atoms with E-state index in [0.717, 1.165) is 33.3 Å². The average molecular weight is 401 g/mol. The number of imide groups is 1. The molecule has 6 heteroatoms. The molecule has 0 N–H and O–H groups in total. The van der Waals surface area contributed by atoms with Crippen molar-refractivity contribution in [2.75, 3.05) is 13.6 Å². The van der Waals surface area contributed by atoms with Gasteiger partial charge in [0.15, 0.2) is 5.78 Å². The first kappa shape index (κ1) is 18.6. The van der Waals surface area contributed by atoms with E-state index in [-0.39, 0.29) is 17.7 Å². The summed E-state index contributed by atoms with van der Waals surface area (Å²) in [6.07, 6.45) is 1.20. The molecule has 1 saturated heterocycles. The van der Waals surface area contributed by atoms with Crippen molar-refractivity contribution in [2.24, 2.45) is 0 Å². The van der Waals surface area contributed by atoms with E-state index < -0.39 is 6.04 Å². The molecular formula is C24H23N3O3. The van der Waals surface area contributed by atoms with Crippen LogP contribution in [0.25, 0.3) is 10.9 Å². The molecule has 0 aliphatic carbocycles. The number of aromatic nitrogens is 1. The highest BCUT2D eigenvalue weighted by molar-refractivity contribution is 6.07. The molecule has 0 saturated carbocycles. The molecule has 0 spiro atoms. The minimum Gasteiger partial charge on any atom is -0.340 e. The van der Waals surface area contributed by atoms with Crippen molar-refractivity contribution >= 4 is 28.6 Å². The molecule has 0 bridgehead atoms. The van der Waals surface area contributed by atoms with E-state index in [4.69, 9.17) is 0 Å². The monoisotopic (exact) mass is 401 g/mol. The molecule has 2 aliphatic rings. The zero-order valence-corrected chi connectivity index (χ0v) is 17.1. The number of hydrogen-bond acceptors (Lipinski definition) is 3. The molecule has 1 atom stereocenters. The number of amides is 3. The number of urea groups is 1. The maximum Gasteiger partial charge on any atom is 0.327 e. The van der Waals surface area contributed by atoms with Crippen LogP contribution in [-0.4, -0.2) is 45.7 Å². The Morgan fingerprint density at radius 3 is 2.53 bits per heavy atom. The molecule has 3 aromatic rings. The van der Waals surface area contributed by atoms with Gasteiger partial charge in [0.05, 0.1) is 0 Å². The topological polar surface area (TPSA) is 62.6 Å². The summed E-state index contributed by atoms with van der Waals surface area (Å²) in [6.45, 7) is 3.05. The summed E-state index contributed by atoms with van der Waals surface area (Å²) in [6, 6.07) is 15.1. The normalized spacial score (nSPS) is 18.1. The Labute approximate surface area is 174 Å². The van der Waals surface area contributed by atoms with Gasteiger partial charge in [0.1, 0.15) is 6.04 Å². The smallest absolute Gasteiger partial charge is 0.327 e. The summed E-state index contributed by atoms with van der Waals surface area (Å²) in [5, 5.41) is 1.02. The largest absolute Gasteiger partial charge is 0.340 e. The highest BCUT2D eigenvalue weighted by Gasteiger charge is 2.48. The molecule has 152 valence electrons. The predicted octanol–water partition coefficient (Wildman–Crippen LogP) is 3.77. The molecule has 3 heterocycles. The summed E-state index contributed by atoms with van der Waals surface area (Å²) in [7, 11) is 1.56. The van der Waals surface area contributed by atoms with E-state index in [0.29, 0.717) is 25.9 Å². The molecule has 6 nitrogen and oxygen atoms in total. The van der Waals surface area contributed by atoms with Gasteiger partial charge in [-0.2, -0.15) is 0 Å². The highest BCUT2D eigenvalue weighted by Crippen LogP contribution is 2.42. The van der Waals surface area contributed by atoms with Crippen LogP contribution in [-0.2, 0) is 17.8 Å². The van der Waals surface area contributed by atoms with Crippen molar-refractivity contribution in [1.82, 2.24) is 14.4 Å². The van der Waals surface area contributed by atoms with Crippen LogP contribution in [0.5, 0.6) is 0 Å². The van der Waals surface area contributed by atoms with E-state index in [1.807, 2.05) is 49.4 Å². The number of carbonyl (C=O) groups is 3. The van der Waals surface area contributed by atoms with E-state index in [1.54, 1.807) is 11.9 Å². The molecule has 0 radical (unpaired) electrons. The lowest BCUT2D eigenvalue weighted by molar-refractivity contribution is -0.127. The van der Waals surface area contributed by atoms with Crippen LogP contribution in [0.3, 0.4) is 0 Å². The second kappa shape index (κ2) is 6.83. The van der Waals surface area contributed by atoms with Gasteiger partial charge in [-0.05, 0) is 11.6 Å². The fourth-order valence-electron chi connectivity index (χ4n) is 4.77. The average Bonchev–Trinajstić information content (AvgIpc) is 3.21. The van der Waals surface area contributed by atoms with Crippen LogP contribution in [0, 0.1) is 0 Å². The zero-order chi connectivity index (χ0) is 21.0. The predicted molar refractivity (Wildman–Crippen MR) is 113 cm³/mol. The Morgan fingerprint density at radius 2 is 1.80 bits per heavy atom. The fraction of sp³-hybridized carbons (Fsp3) is 0.292. The van der Waals surface area contributed by atoms with Crippen LogP contribution in [0.2, 0.25) is 0 Å². The number of hydrogen-bond donors (Lipinski definition) is 0. The van der Waals surface area contributed by atoms with Gasteiger partial charge in [-0.15, -0.1) is 0 Å². The van der Waals surface area contributed by atoms with Gasteiger partial charge < -0.3 is 9.47 Å². The number of Topliss-reactive ketones (excluding diaryl/α,β-unsaturated/α-hetero) is 1. The molecule has 3 amide bonds. The van der Waals surface area contributed by atoms with E-state index in [2.05, 4.69) is 10.6 Å². The Morgan fingerprint density at radius 1 is 1.07 bits per heavy atom. The minimum atomic E-state index is -0.540. The third kappa shape index (κ3) is 2.60. The maximum atomic E-state index is 12.9. The molecule has 30 heavy (non-hydrogen) atoms. The van der Waals surface area contributed by atoms with Crippen molar-refractivity contribution in [3.8, 4) is 0 Å². The third-order valence-corrected chi connectivity index (χ3v) is 6.33. The standard InChI is InChI=1S/C24H23N3O3/c1-3-20(28)16-10-8-15(9-11-16)14-27-18-7-5-4-6-17(18)21-19(27)12-13-26-22(21)23(29)25(2)24(26)30/h4-11,22H,3,12-14H2,1-2H3. The molecular weight excluding hydrogens is 378 g/mol. The van der Waals surface area contributed by atoms with Gasteiger partial charge in [0.2, 0.25) is 0 Å². The van der Waals surface area contributed by atoms with Crippen LogP contribution < -0.4 is 0 Å². The molecule has 1 aromatic heterocycles. The van der Waals surface area contributed by atoms with Gasteiger partial charge in [0.25, 0.3) is 5.91 Å². The molecule has 1 unspecified atom stereocenters. The molecule has 2 aliphatic heterocycles. The second-order valence-corrected chi connectivity index (χ2v) is 7.96. The maximum absolute atomic E-state index is 12.9. The number of fused-ring (bicyclic) bond motifs is 5. The summed E-state index contributed by atoms with van der Waals surface area (Å²) in [5.41, 5.74) is 4.96. The van der Waals surface area contributed by atoms with Crippen molar-refractivity contribution in [2.45, 2.75) is 32.4 Å². The molecule has 5 rings (SSSR count). The third-order valence-electron chi connectivity index (χ3n) is 6.33. The van der Waals surface area contributed by atoms with Gasteiger partial charge in [-0.1, -0.05) is 49.4 Å². The SMILES string of the molecule is CCC(=O)c1ccc(Cn2c3c(c4ccccc42)C2C(=O)N(C)C(=O)N2CC3)cc1. The first-order valence-electron chi connectivity index (χ1n) is 10.3. The lowest BCUT2D eigenvalue weighted by atomic mass is 9.96. The number of carbonyl (C=O) groups excluding carboxylic acids is 3. The first-order valence-corrected chi connectivity index (χ1v) is 10.3. The van der Waals surface area contributed by atoms with Crippen LogP contribution >= 0.6 is 0 Å². The number of benzene rings is 2. The Balaban J connectivity index is 1.61. The lowest BCUT2D eigenvalue weighted by Crippen LogP contribution is -2.36. The van der Waals surface area contributed by atoms with Crippen molar-refractivity contribution in [3.05, 3.63) is 70.9 Å². The van der Waals surface area contributed by atoms with E-state index >= 15 is 0 Å². The number of para-hydroxylation sites is 1. The van der Waals surface area contributed by atoms with Gasteiger partial charge in [-0.25, -0.2) is 4.79 Å². The van der Waals surface area contributed by atoms with Gasteiger partial charge in [-0.3, -0.25) is 14.5 Å². The van der Waals surface area contributed by atoms with Crippen LogP contribution in [0.1, 0.15) is 46.6 Å². The molecule has 2 aromatic carbocycles. The van der Waals surface area contributed by atoms with Crippen molar-refractivity contribution in [1.29, 1.82) is 0 Å². The number of likely N-dealkylation sites (N-methyl/N-ethyl adjacent to an activating group) is 1. The quantitative estimate of drug-likeness (QED) is 0.494. The minimum absolute atomic E-state index is 0.138. The summed E-state index contributed by atoms with van der Waals surface area (Å²) >= 11 is 0. The van der Waals surface area contributed by atoms with Crippen LogP contribution in [0.15, 0.2) is 48.5 Å². The fourth-order valence-corrected chi connectivity index (χ4v) is 4.77. The van der Waals surface area contributed by atoms with Gasteiger partial charge >= 0.3 is 6.03 Å². The number of ketones is 1. The Bertz CT molecular complexity index is 1190. The summed E-state index contributed by atoms with van der Waals surface area (Å²) in [5.74, 6) is -0.0229. The Kier molecular flexibility index (Phi) is 4.24. The highest BCUT2D eigenvalue weighted by atomic mass is 16.2. The van der Waals surface area contributed by atoms with Crippen molar-refractivity contribution in [3.63, 3.8) is 0 Å². The van der Waals surface area contributed by atoms with Crippen molar-refractivity contribution < 1.29 is 14.4 Å². The number of nitrogens with zero attached hydrogens (tertiary/aromatic N) is 3. The second-order valence-electron chi connectivity index (χ2n) is 7.96. The molecule has 1 fully saturated rings. The Hall–Kier alpha value is -3.41. The lowest BCUT2D eigenvalue weighted by Gasteiger charge is -2.28. The summed E-state index contributed by atoms with van der Waals surface area (Å²) < 4.78 is 2.26. The van der Waals surface area contributed by atoms with Gasteiger partial charge in [0, 0.05) is 60.7 Å². The first-order chi connectivity index (χ1) is 14.5. The zero-order valence-electron chi connectivity index (χ0n) is 17.1.